The Morgan fingerprint density at radius 2 is 1.56 bits per heavy atom. The number of halogens is 1. The second-order valence-corrected chi connectivity index (χ2v) is 6.74. The second-order valence-electron chi connectivity index (χ2n) is 3.98. The van der Waals surface area contributed by atoms with Crippen molar-refractivity contribution in [2.75, 3.05) is 0 Å². The van der Waals surface area contributed by atoms with Crippen LogP contribution in [0.15, 0.2) is 44.8 Å². The standard InChI is InChI=1S/C8H12Cl.C8H13.Rh/c1-2-3-4-5-6-7-8-9;1-3-5-7-8-6-4-2;/h5-7H,2-4H2,1H3;1,3,5,7H,4,6,8H2,2H3;. The van der Waals surface area contributed by atoms with E-state index in [2.05, 4.69) is 48.9 Å². The first kappa shape index (κ1) is 17.9. The summed E-state index contributed by atoms with van der Waals surface area (Å²) < 4.78 is 3.13. The monoisotopic (exact) mass is 355 g/mol. The molecule has 0 rings (SSSR count). The quantitative estimate of drug-likeness (QED) is 0.250. The molecule has 0 amide bonds. The molecular weight excluding hydrogens is 331 g/mol. The van der Waals surface area contributed by atoms with Gasteiger partial charge in [-0.15, -0.1) is 0 Å². The second kappa shape index (κ2) is 14.9. The minimum absolute atomic E-state index is 0.204. The van der Waals surface area contributed by atoms with Gasteiger partial charge in [0.1, 0.15) is 0 Å². The summed E-state index contributed by atoms with van der Waals surface area (Å²) in [4.78, 5) is 0. The fourth-order valence-electron chi connectivity index (χ4n) is 1.21. The van der Waals surface area contributed by atoms with Gasteiger partial charge in [-0.3, -0.25) is 0 Å². The normalized spacial score (nSPS) is 13.6. The molecule has 0 atom stereocenters. The SMILES string of the molecule is CCCCC=CC=[CH][Rh][C](Cl)=CC=CCCCC. The van der Waals surface area contributed by atoms with Crippen LogP contribution in [0.25, 0.3) is 0 Å². The fraction of sp³-hybridized carbons (Fsp3) is 0.500. The Morgan fingerprint density at radius 1 is 0.944 bits per heavy atom. The van der Waals surface area contributed by atoms with Crippen molar-refractivity contribution in [1.29, 1.82) is 0 Å². The van der Waals surface area contributed by atoms with Crippen LogP contribution < -0.4 is 0 Å². The molecule has 18 heavy (non-hydrogen) atoms. The first-order chi connectivity index (χ1) is 8.81. The van der Waals surface area contributed by atoms with Crippen LogP contribution in [0.1, 0.15) is 52.4 Å². The van der Waals surface area contributed by atoms with Crippen molar-refractivity contribution in [3.8, 4) is 0 Å². The van der Waals surface area contributed by atoms with Gasteiger partial charge < -0.3 is 0 Å². The van der Waals surface area contributed by atoms with Gasteiger partial charge in [0.05, 0.1) is 0 Å². The fourth-order valence-corrected chi connectivity index (χ4v) is 2.44. The van der Waals surface area contributed by atoms with Crippen molar-refractivity contribution in [2.45, 2.75) is 52.4 Å². The van der Waals surface area contributed by atoms with Gasteiger partial charge in [0.25, 0.3) is 0 Å². The van der Waals surface area contributed by atoms with Gasteiger partial charge in [-0.2, -0.15) is 0 Å². The predicted molar refractivity (Wildman–Crippen MR) is 80.4 cm³/mol. The first-order valence-corrected chi connectivity index (χ1v) is 8.88. The van der Waals surface area contributed by atoms with Gasteiger partial charge in [-0.1, -0.05) is 0 Å². The van der Waals surface area contributed by atoms with Crippen LogP contribution in [0.3, 0.4) is 0 Å². The van der Waals surface area contributed by atoms with E-state index in [-0.39, 0.29) is 17.1 Å². The molecule has 0 aromatic carbocycles. The van der Waals surface area contributed by atoms with Gasteiger partial charge in [-0.05, 0) is 0 Å². The molecule has 0 fully saturated rings. The molecule has 0 spiro atoms. The van der Waals surface area contributed by atoms with Gasteiger partial charge in [0.15, 0.2) is 0 Å². The van der Waals surface area contributed by atoms with Crippen LogP contribution in [-0.2, 0) is 17.1 Å². The van der Waals surface area contributed by atoms with Crippen molar-refractivity contribution in [3.05, 3.63) is 44.8 Å². The van der Waals surface area contributed by atoms with Crippen molar-refractivity contribution < 1.29 is 17.1 Å². The summed E-state index contributed by atoms with van der Waals surface area (Å²) >= 11 is 6.33. The molecule has 0 heterocycles. The van der Waals surface area contributed by atoms with E-state index in [1.807, 2.05) is 6.08 Å². The topological polar surface area (TPSA) is 0 Å². The molecule has 0 N–H and O–H groups in total. The van der Waals surface area contributed by atoms with Gasteiger partial charge in [0.2, 0.25) is 0 Å². The Bertz CT molecular complexity index is 287. The molecule has 0 aliphatic rings. The maximum absolute atomic E-state index is 6.12. The molecule has 0 aliphatic carbocycles. The number of unbranched alkanes of at least 4 members (excludes halogenated alkanes) is 4. The van der Waals surface area contributed by atoms with Gasteiger partial charge in [-0.25, -0.2) is 0 Å². The van der Waals surface area contributed by atoms with E-state index in [0.717, 1.165) is 10.0 Å². The van der Waals surface area contributed by atoms with E-state index in [4.69, 9.17) is 11.6 Å². The van der Waals surface area contributed by atoms with E-state index in [9.17, 15) is 0 Å². The Kier molecular flexibility index (Phi) is 14.8. The molecule has 0 aromatic rings. The van der Waals surface area contributed by atoms with Crippen molar-refractivity contribution in [3.63, 3.8) is 0 Å². The summed E-state index contributed by atoms with van der Waals surface area (Å²) in [6, 6.07) is 0. The summed E-state index contributed by atoms with van der Waals surface area (Å²) in [5.74, 6) is 0. The minimum atomic E-state index is 0.204. The average molecular weight is 356 g/mol. The summed E-state index contributed by atoms with van der Waals surface area (Å²) in [6.07, 6.45) is 20.1. The molecule has 0 unspecified atom stereocenters. The average Bonchev–Trinajstić information content (AvgIpc) is 2.37. The Hall–Kier alpha value is -0.127. The maximum atomic E-state index is 6.12. The third-order valence-corrected chi connectivity index (χ3v) is 4.13. The molecule has 0 saturated heterocycles. The zero-order chi connectivity index (χ0) is 13.5. The molecule has 0 radical (unpaired) electrons. The third kappa shape index (κ3) is 13.9. The van der Waals surface area contributed by atoms with Gasteiger partial charge in [0, 0.05) is 0 Å². The zero-order valence-electron chi connectivity index (χ0n) is 11.5. The molecule has 0 nitrogen and oxygen atoms in total. The summed E-state index contributed by atoms with van der Waals surface area (Å²) in [6.45, 7) is 4.42. The molecule has 0 bridgehead atoms. The molecule has 0 saturated carbocycles. The van der Waals surface area contributed by atoms with E-state index in [0.29, 0.717) is 0 Å². The Labute approximate surface area is 125 Å². The molecule has 105 valence electrons. The third-order valence-electron chi connectivity index (χ3n) is 2.26. The van der Waals surface area contributed by atoms with E-state index in [1.165, 1.54) is 32.1 Å². The predicted octanol–water partition coefficient (Wildman–Crippen LogP) is 6.16. The van der Waals surface area contributed by atoms with Crippen LogP contribution in [-0.4, -0.2) is 0 Å². The number of hydrogen-bond donors (Lipinski definition) is 0. The first-order valence-electron chi connectivity index (χ1n) is 6.73. The molecule has 0 aromatic heterocycles. The Morgan fingerprint density at radius 3 is 2.17 bits per heavy atom. The zero-order valence-corrected chi connectivity index (χ0v) is 13.9. The van der Waals surface area contributed by atoms with E-state index < -0.39 is 0 Å². The van der Waals surface area contributed by atoms with E-state index >= 15 is 0 Å². The number of rotatable bonds is 10. The van der Waals surface area contributed by atoms with Crippen LogP contribution in [0.4, 0.5) is 0 Å². The van der Waals surface area contributed by atoms with Crippen molar-refractivity contribution >= 4 is 11.6 Å². The van der Waals surface area contributed by atoms with Gasteiger partial charge >= 0.3 is 126 Å². The van der Waals surface area contributed by atoms with Crippen molar-refractivity contribution in [1.82, 2.24) is 0 Å². The number of allylic oxidation sites excluding steroid dienone is 6. The number of hydrogen-bond acceptors (Lipinski definition) is 0. The summed E-state index contributed by atoms with van der Waals surface area (Å²) in [5.41, 5.74) is 0. The van der Waals surface area contributed by atoms with Crippen molar-refractivity contribution in [2.24, 2.45) is 0 Å². The summed E-state index contributed by atoms with van der Waals surface area (Å²) in [5, 5.41) is 0. The van der Waals surface area contributed by atoms with Crippen LogP contribution in [0, 0.1) is 0 Å². The van der Waals surface area contributed by atoms with Crippen LogP contribution in [0.2, 0.25) is 0 Å². The van der Waals surface area contributed by atoms with Crippen LogP contribution >= 0.6 is 11.6 Å². The van der Waals surface area contributed by atoms with Crippen LogP contribution in [0.5, 0.6) is 0 Å². The summed E-state index contributed by atoms with van der Waals surface area (Å²) in [7, 11) is 0. The Balaban J connectivity index is 3.70. The molecular formula is C16H25ClRh. The molecule has 2 heteroatoms. The van der Waals surface area contributed by atoms with E-state index in [1.54, 1.807) is 0 Å². The molecule has 0 aliphatic heterocycles.